The Labute approximate surface area is 134 Å². The van der Waals surface area contributed by atoms with Gasteiger partial charge in [-0.1, -0.05) is 33.1 Å². The van der Waals surface area contributed by atoms with Crippen molar-refractivity contribution >= 4 is 19.7 Å². The number of hydrogen-bond acceptors (Lipinski definition) is 4. The highest BCUT2D eigenvalue weighted by molar-refractivity contribution is 8.13. The zero-order chi connectivity index (χ0) is 15.8. The Morgan fingerprint density at radius 3 is 2.48 bits per heavy atom. The Morgan fingerprint density at radius 1 is 1.29 bits per heavy atom. The van der Waals surface area contributed by atoms with E-state index in [2.05, 4.69) is 13.8 Å². The molecular weight excluding hydrogens is 312 g/mol. The van der Waals surface area contributed by atoms with E-state index in [1.54, 1.807) is 0 Å². The Hall–Kier alpha value is 0.160. The van der Waals surface area contributed by atoms with Crippen molar-refractivity contribution in [2.45, 2.75) is 52.4 Å². The second-order valence-electron chi connectivity index (χ2n) is 6.23. The van der Waals surface area contributed by atoms with E-state index in [4.69, 9.17) is 20.2 Å². The molecule has 1 atom stereocenters. The summed E-state index contributed by atoms with van der Waals surface area (Å²) in [5, 5.41) is 0. The maximum atomic E-state index is 11.5. The molecule has 1 aliphatic heterocycles. The van der Waals surface area contributed by atoms with Crippen LogP contribution in [-0.2, 0) is 18.5 Å². The van der Waals surface area contributed by atoms with Crippen LogP contribution in [-0.4, -0.2) is 40.6 Å². The molecule has 1 unspecified atom stereocenters. The lowest BCUT2D eigenvalue weighted by molar-refractivity contribution is -0.0357. The first-order valence-corrected chi connectivity index (χ1v) is 10.5. The normalized spacial score (nSPS) is 20.3. The van der Waals surface area contributed by atoms with Gasteiger partial charge in [-0.25, -0.2) is 8.42 Å². The molecule has 0 N–H and O–H groups in total. The van der Waals surface area contributed by atoms with Gasteiger partial charge in [0.15, 0.2) is 0 Å². The minimum Gasteiger partial charge on any atom is -0.381 e. The van der Waals surface area contributed by atoms with Crippen LogP contribution in [0.25, 0.3) is 0 Å². The maximum Gasteiger partial charge on any atom is 0.233 e. The van der Waals surface area contributed by atoms with Crippen molar-refractivity contribution in [1.82, 2.24) is 0 Å². The number of unbranched alkanes of at least 4 members (excludes halogenated alkanes) is 1. The fraction of sp³-hybridized carbons (Fsp3) is 1.00. The van der Waals surface area contributed by atoms with E-state index < -0.39 is 9.05 Å². The molecule has 1 heterocycles. The van der Waals surface area contributed by atoms with Crippen LogP contribution in [0.2, 0.25) is 0 Å². The molecule has 1 fully saturated rings. The highest BCUT2D eigenvalue weighted by Gasteiger charge is 2.37. The van der Waals surface area contributed by atoms with E-state index in [1.807, 2.05) is 0 Å². The number of ether oxygens (including phenoxy) is 2. The largest absolute Gasteiger partial charge is 0.381 e. The summed E-state index contributed by atoms with van der Waals surface area (Å²) >= 11 is 0. The molecule has 21 heavy (non-hydrogen) atoms. The fourth-order valence-electron chi connectivity index (χ4n) is 2.84. The quantitative estimate of drug-likeness (QED) is 0.570. The van der Waals surface area contributed by atoms with Crippen LogP contribution in [0.1, 0.15) is 52.4 Å². The van der Waals surface area contributed by atoms with Crippen LogP contribution in [0.3, 0.4) is 0 Å². The van der Waals surface area contributed by atoms with Crippen molar-refractivity contribution < 1.29 is 17.9 Å². The molecule has 4 nitrogen and oxygen atoms in total. The molecule has 0 amide bonds. The molecule has 1 aliphatic rings. The smallest absolute Gasteiger partial charge is 0.233 e. The monoisotopic (exact) mass is 340 g/mol. The van der Waals surface area contributed by atoms with Gasteiger partial charge in [-0.05, 0) is 25.2 Å². The fourth-order valence-corrected chi connectivity index (χ4v) is 4.64. The van der Waals surface area contributed by atoms with Crippen LogP contribution < -0.4 is 0 Å². The van der Waals surface area contributed by atoms with Gasteiger partial charge in [-0.2, -0.15) is 0 Å². The van der Waals surface area contributed by atoms with Gasteiger partial charge in [0.05, 0.1) is 12.4 Å². The lowest BCUT2D eigenvalue weighted by Gasteiger charge is -2.36. The standard InChI is InChI=1S/C15H29ClO4S/c1-3-5-6-14(4-2)11-20-12-15(13-21(16,17)18)7-9-19-10-8-15/h14H,3-13H2,1-2H3. The SMILES string of the molecule is CCCCC(CC)COCC1(CS(=O)(=O)Cl)CCOCC1. The topological polar surface area (TPSA) is 52.6 Å². The Bertz CT molecular complexity index is 377. The average Bonchev–Trinajstić information content (AvgIpc) is 2.41. The average molecular weight is 341 g/mol. The van der Waals surface area contributed by atoms with Crippen molar-refractivity contribution in [2.75, 3.05) is 32.2 Å². The second-order valence-corrected chi connectivity index (χ2v) is 9.00. The number of rotatable bonds is 10. The van der Waals surface area contributed by atoms with Crippen molar-refractivity contribution in [2.24, 2.45) is 11.3 Å². The van der Waals surface area contributed by atoms with Crippen LogP contribution >= 0.6 is 10.7 Å². The zero-order valence-corrected chi connectivity index (χ0v) is 14.8. The Balaban J connectivity index is 2.49. The Kier molecular flexibility index (Phi) is 8.54. The Morgan fingerprint density at radius 2 is 1.95 bits per heavy atom. The van der Waals surface area contributed by atoms with Crippen LogP contribution in [0.5, 0.6) is 0 Å². The molecular formula is C15H29ClO4S. The first-order chi connectivity index (χ1) is 9.91. The molecule has 0 aromatic rings. The van der Waals surface area contributed by atoms with E-state index in [9.17, 15) is 8.42 Å². The lowest BCUT2D eigenvalue weighted by Crippen LogP contribution is -2.39. The van der Waals surface area contributed by atoms with Gasteiger partial charge in [-0.3, -0.25) is 0 Å². The van der Waals surface area contributed by atoms with Crippen molar-refractivity contribution in [1.29, 1.82) is 0 Å². The molecule has 0 aromatic heterocycles. The lowest BCUT2D eigenvalue weighted by atomic mass is 9.83. The van der Waals surface area contributed by atoms with Gasteiger partial charge in [0.1, 0.15) is 0 Å². The first kappa shape index (κ1) is 19.2. The molecule has 0 bridgehead atoms. The van der Waals surface area contributed by atoms with Gasteiger partial charge >= 0.3 is 0 Å². The molecule has 0 saturated carbocycles. The molecule has 6 heteroatoms. The molecule has 1 rings (SSSR count). The second kappa shape index (κ2) is 9.33. The summed E-state index contributed by atoms with van der Waals surface area (Å²) < 4.78 is 34.2. The highest BCUT2D eigenvalue weighted by atomic mass is 35.7. The molecule has 0 radical (unpaired) electrons. The third-order valence-electron chi connectivity index (χ3n) is 4.34. The minimum atomic E-state index is -3.52. The molecule has 1 saturated heterocycles. The van der Waals surface area contributed by atoms with Gasteiger partial charge in [-0.15, -0.1) is 0 Å². The van der Waals surface area contributed by atoms with Gasteiger partial charge in [0.2, 0.25) is 9.05 Å². The van der Waals surface area contributed by atoms with E-state index in [1.165, 1.54) is 19.3 Å². The summed E-state index contributed by atoms with van der Waals surface area (Å²) in [7, 11) is 1.95. The molecule has 126 valence electrons. The molecule has 0 aromatic carbocycles. The summed E-state index contributed by atoms with van der Waals surface area (Å²) in [6, 6.07) is 0. The third kappa shape index (κ3) is 7.82. The summed E-state index contributed by atoms with van der Waals surface area (Å²) in [5.41, 5.74) is -0.373. The highest BCUT2D eigenvalue weighted by Crippen LogP contribution is 2.34. The van der Waals surface area contributed by atoms with E-state index in [0.717, 1.165) is 6.42 Å². The summed E-state index contributed by atoms with van der Waals surface area (Å²) in [5.74, 6) is 0.547. The third-order valence-corrected chi connectivity index (χ3v) is 5.62. The van der Waals surface area contributed by atoms with Crippen LogP contribution in [0.4, 0.5) is 0 Å². The first-order valence-electron chi connectivity index (χ1n) is 7.98. The molecule has 0 aliphatic carbocycles. The summed E-state index contributed by atoms with van der Waals surface area (Å²) in [4.78, 5) is 0. The van der Waals surface area contributed by atoms with E-state index in [0.29, 0.717) is 45.2 Å². The zero-order valence-electron chi connectivity index (χ0n) is 13.3. The number of halogens is 1. The van der Waals surface area contributed by atoms with Crippen molar-refractivity contribution in [3.63, 3.8) is 0 Å². The maximum absolute atomic E-state index is 11.5. The predicted octanol–water partition coefficient (Wildman–Crippen LogP) is 3.58. The van der Waals surface area contributed by atoms with Crippen LogP contribution in [0, 0.1) is 11.3 Å². The van der Waals surface area contributed by atoms with Gasteiger partial charge < -0.3 is 9.47 Å². The minimum absolute atomic E-state index is 0.0172. The van der Waals surface area contributed by atoms with Crippen molar-refractivity contribution in [3.8, 4) is 0 Å². The van der Waals surface area contributed by atoms with Crippen molar-refractivity contribution in [3.05, 3.63) is 0 Å². The molecule has 0 spiro atoms. The van der Waals surface area contributed by atoms with Gasteiger partial charge in [0, 0.05) is 35.9 Å². The van der Waals surface area contributed by atoms with Gasteiger partial charge in [0.25, 0.3) is 0 Å². The summed E-state index contributed by atoms with van der Waals surface area (Å²) in [6.45, 7) is 6.71. The summed E-state index contributed by atoms with van der Waals surface area (Å²) in [6.07, 6.45) is 6.09. The van der Waals surface area contributed by atoms with E-state index in [-0.39, 0.29) is 11.2 Å². The van der Waals surface area contributed by atoms with Crippen LogP contribution in [0.15, 0.2) is 0 Å². The van der Waals surface area contributed by atoms with E-state index >= 15 is 0 Å². The number of hydrogen-bond donors (Lipinski definition) is 0. The predicted molar refractivity (Wildman–Crippen MR) is 86.3 cm³/mol.